The van der Waals surface area contributed by atoms with Crippen molar-refractivity contribution >= 4 is 0 Å². The predicted octanol–water partition coefficient (Wildman–Crippen LogP) is 1.78. The van der Waals surface area contributed by atoms with E-state index in [1.807, 2.05) is 12.3 Å². The molecule has 0 spiro atoms. The molecule has 1 fully saturated rings. The average Bonchev–Trinajstić information content (AvgIpc) is 2.68. The first-order chi connectivity index (χ1) is 6.90. The van der Waals surface area contributed by atoms with Gasteiger partial charge in [0.1, 0.15) is 6.61 Å². The van der Waals surface area contributed by atoms with Gasteiger partial charge in [0.05, 0.1) is 11.7 Å². The zero-order valence-corrected chi connectivity index (χ0v) is 8.35. The molecule has 1 aliphatic rings. The smallest absolute Gasteiger partial charge is 0.112 e. The van der Waals surface area contributed by atoms with Gasteiger partial charge in [0.15, 0.2) is 0 Å². The van der Waals surface area contributed by atoms with Crippen LogP contribution in [0.25, 0.3) is 0 Å². The van der Waals surface area contributed by atoms with E-state index in [0.717, 1.165) is 5.69 Å². The zero-order valence-electron chi connectivity index (χ0n) is 8.35. The van der Waals surface area contributed by atoms with Crippen LogP contribution in [0.2, 0.25) is 0 Å². The van der Waals surface area contributed by atoms with E-state index in [1.165, 1.54) is 32.1 Å². The summed E-state index contributed by atoms with van der Waals surface area (Å²) in [6, 6.07) is 2.57. The van der Waals surface area contributed by atoms with E-state index < -0.39 is 0 Å². The topological polar surface area (TPSA) is 53.1 Å². The third-order valence-corrected chi connectivity index (χ3v) is 2.84. The van der Waals surface area contributed by atoms with Gasteiger partial charge in [-0.2, -0.15) is 5.10 Å². The summed E-state index contributed by atoms with van der Waals surface area (Å²) < 4.78 is 2.06. The fourth-order valence-corrected chi connectivity index (χ4v) is 2.09. The molecule has 2 rings (SSSR count). The maximum Gasteiger partial charge on any atom is 0.112 e. The monoisotopic (exact) mass is 195 g/mol. The van der Waals surface area contributed by atoms with E-state index in [1.54, 1.807) is 0 Å². The van der Waals surface area contributed by atoms with Crippen LogP contribution < -0.4 is 5.90 Å². The first kappa shape index (κ1) is 9.68. The summed E-state index contributed by atoms with van der Waals surface area (Å²) in [7, 11) is 0. The van der Waals surface area contributed by atoms with Gasteiger partial charge in [-0.05, 0) is 18.9 Å². The molecule has 1 heterocycles. The lowest BCUT2D eigenvalue weighted by molar-refractivity contribution is 0.120. The van der Waals surface area contributed by atoms with Crippen molar-refractivity contribution in [3.63, 3.8) is 0 Å². The number of aromatic nitrogens is 2. The molecule has 0 aliphatic heterocycles. The van der Waals surface area contributed by atoms with Crippen molar-refractivity contribution in [2.75, 3.05) is 0 Å². The van der Waals surface area contributed by atoms with Crippen LogP contribution in [0.3, 0.4) is 0 Å². The van der Waals surface area contributed by atoms with Crippen molar-refractivity contribution in [3.05, 3.63) is 18.0 Å². The molecule has 2 N–H and O–H groups in total. The Balaban J connectivity index is 2.00. The Bertz CT molecular complexity index is 279. The van der Waals surface area contributed by atoms with Crippen LogP contribution in [0.5, 0.6) is 0 Å². The molecule has 4 heteroatoms. The molecule has 1 aromatic heterocycles. The lowest BCUT2D eigenvalue weighted by Gasteiger charge is -2.21. The van der Waals surface area contributed by atoms with E-state index in [4.69, 9.17) is 5.90 Å². The molecule has 0 aromatic carbocycles. The van der Waals surface area contributed by atoms with Gasteiger partial charge in [0.25, 0.3) is 0 Å². The minimum absolute atomic E-state index is 0.403. The maximum atomic E-state index is 5.00. The molecule has 1 aliphatic carbocycles. The highest BCUT2D eigenvalue weighted by atomic mass is 16.6. The maximum absolute atomic E-state index is 5.00. The van der Waals surface area contributed by atoms with E-state index in [0.29, 0.717) is 12.6 Å². The van der Waals surface area contributed by atoms with Crippen molar-refractivity contribution in [3.8, 4) is 0 Å². The SMILES string of the molecule is NOCc1ccn(C2CCCCC2)n1. The number of nitrogens with zero attached hydrogens (tertiary/aromatic N) is 2. The summed E-state index contributed by atoms with van der Waals surface area (Å²) in [5, 5.41) is 4.44. The van der Waals surface area contributed by atoms with Gasteiger partial charge < -0.3 is 0 Å². The molecular weight excluding hydrogens is 178 g/mol. The Morgan fingerprint density at radius 2 is 2.21 bits per heavy atom. The molecule has 0 radical (unpaired) electrons. The van der Waals surface area contributed by atoms with E-state index in [9.17, 15) is 0 Å². The van der Waals surface area contributed by atoms with E-state index in [2.05, 4.69) is 14.6 Å². The standard InChI is InChI=1S/C10H17N3O/c11-14-8-9-6-7-13(12-9)10-4-2-1-3-5-10/h6-7,10H,1-5,8,11H2. The number of hydrogen-bond acceptors (Lipinski definition) is 3. The van der Waals surface area contributed by atoms with Gasteiger partial charge >= 0.3 is 0 Å². The zero-order chi connectivity index (χ0) is 9.80. The van der Waals surface area contributed by atoms with E-state index in [-0.39, 0.29) is 0 Å². The van der Waals surface area contributed by atoms with Crippen LogP contribution in [0.15, 0.2) is 12.3 Å². The number of nitrogens with two attached hydrogens (primary N) is 1. The lowest BCUT2D eigenvalue weighted by Crippen LogP contribution is -2.13. The fraction of sp³-hybridized carbons (Fsp3) is 0.700. The molecule has 1 saturated carbocycles. The average molecular weight is 195 g/mol. The summed E-state index contributed by atoms with van der Waals surface area (Å²) in [4.78, 5) is 4.55. The largest absolute Gasteiger partial charge is 0.298 e. The Morgan fingerprint density at radius 1 is 1.43 bits per heavy atom. The van der Waals surface area contributed by atoms with E-state index >= 15 is 0 Å². The summed E-state index contributed by atoms with van der Waals surface area (Å²) >= 11 is 0. The molecule has 78 valence electrons. The first-order valence-electron chi connectivity index (χ1n) is 5.26. The van der Waals surface area contributed by atoms with Crippen LogP contribution in [0, 0.1) is 0 Å². The van der Waals surface area contributed by atoms with Gasteiger partial charge in [0, 0.05) is 6.20 Å². The lowest BCUT2D eigenvalue weighted by atomic mass is 9.96. The molecule has 0 unspecified atom stereocenters. The van der Waals surface area contributed by atoms with Crippen LogP contribution in [-0.2, 0) is 11.4 Å². The van der Waals surface area contributed by atoms with Crippen LogP contribution in [0.1, 0.15) is 43.8 Å². The highest BCUT2D eigenvalue weighted by Crippen LogP contribution is 2.27. The van der Waals surface area contributed by atoms with Gasteiger partial charge in [-0.3, -0.25) is 9.52 Å². The first-order valence-corrected chi connectivity index (χ1v) is 5.26. The predicted molar refractivity (Wildman–Crippen MR) is 53.3 cm³/mol. The van der Waals surface area contributed by atoms with Crippen LogP contribution >= 0.6 is 0 Å². The second-order valence-electron chi connectivity index (χ2n) is 3.89. The van der Waals surface area contributed by atoms with Gasteiger partial charge in [-0.15, -0.1) is 0 Å². The number of hydrogen-bond donors (Lipinski definition) is 1. The Morgan fingerprint density at radius 3 is 2.93 bits per heavy atom. The molecule has 1 aromatic rings. The van der Waals surface area contributed by atoms with Crippen molar-refractivity contribution in [2.24, 2.45) is 5.90 Å². The minimum atomic E-state index is 0.403. The second kappa shape index (κ2) is 4.57. The molecular formula is C10H17N3O. The molecule has 0 amide bonds. The van der Waals surface area contributed by atoms with Crippen molar-refractivity contribution in [1.82, 2.24) is 9.78 Å². The number of rotatable bonds is 3. The molecule has 0 atom stereocenters. The van der Waals surface area contributed by atoms with Crippen molar-refractivity contribution < 1.29 is 4.84 Å². The van der Waals surface area contributed by atoms with Gasteiger partial charge in [-0.1, -0.05) is 19.3 Å². The highest BCUT2D eigenvalue weighted by molar-refractivity contribution is 4.98. The third kappa shape index (κ3) is 2.13. The Labute approximate surface area is 84.0 Å². The van der Waals surface area contributed by atoms with Crippen LogP contribution in [-0.4, -0.2) is 9.78 Å². The third-order valence-electron chi connectivity index (χ3n) is 2.84. The molecule has 14 heavy (non-hydrogen) atoms. The highest BCUT2D eigenvalue weighted by Gasteiger charge is 2.15. The van der Waals surface area contributed by atoms with Crippen molar-refractivity contribution in [1.29, 1.82) is 0 Å². The van der Waals surface area contributed by atoms with Crippen LogP contribution in [0.4, 0.5) is 0 Å². The summed E-state index contributed by atoms with van der Waals surface area (Å²) in [5.41, 5.74) is 0.915. The molecule has 0 saturated heterocycles. The quantitative estimate of drug-likeness (QED) is 0.748. The normalized spacial score (nSPS) is 18.6. The Kier molecular flexibility index (Phi) is 3.16. The Hall–Kier alpha value is -0.870. The van der Waals surface area contributed by atoms with Crippen molar-refractivity contribution in [2.45, 2.75) is 44.8 Å². The van der Waals surface area contributed by atoms with Gasteiger partial charge in [-0.25, -0.2) is 5.90 Å². The second-order valence-corrected chi connectivity index (χ2v) is 3.89. The van der Waals surface area contributed by atoms with Gasteiger partial charge in [0.2, 0.25) is 0 Å². The molecule has 0 bridgehead atoms. The fourth-order valence-electron chi connectivity index (χ4n) is 2.09. The summed E-state index contributed by atoms with van der Waals surface area (Å²) in [5.74, 6) is 5.00. The minimum Gasteiger partial charge on any atom is -0.298 e. The molecule has 4 nitrogen and oxygen atoms in total. The summed E-state index contributed by atoms with van der Waals surface area (Å²) in [6.07, 6.45) is 8.57. The summed E-state index contributed by atoms with van der Waals surface area (Å²) in [6.45, 7) is 0.403.